The maximum atomic E-state index is 12.9. The lowest BCUT2D eigenvalue weighted by Gasteiger charge is -2.11. The van der Waals surface area contributed by atoms with Crippen molar-refractivity contribution in [1.29, 1.82) is 0 Å². The van der Waals surface area contributed by atoms with Crippen LogP contribution in [0.5, 0.6) is 5.75 Å². The molecule has 0 atom stereocenters. The highest BCUT2D eigenvalue weighted by Gasteiger charge is 2.05. The van der Waals surface area contributed by atoms with Crippen LogP contribution in [0.15, 0.2) is 60.7 Å². The number of halogens is 1. The predicted octanol–water partition coefficient (Wildman–Crippen LogP) is 3.82. The Morgan fingerprint density at radius 2 is 1.88 bits per heavy atom. The highest BCUT2D eigenvalue weighted by atomic mass is 19.1. The summed E-state index contributed by atoms with van der Waals surface area (Å²) in [6.07, 6.45) is 0. The zero-order chi connectivity index (χ0) is 18.4. The summed E-state index contributed by atoms with van der Waals surface area (Å²) in [7, 11) is 1.37. The van der Waals surface area contributed by atoms with E-state index >= 15 is 0 Å². The molecule has 0 radical (unpaired) electrons. The molecule has 0 bridgehead atoms. The third kappa shape index (κ3) is 4.58. The van der Waals surface area contributed by atoms with Gasteiger partial charge in [-0.3, -0.25) is 4.79 Å². The van der Waals surface area contributed by atoms with Crippen molar-refractivity contribution in [1.82, 2.24) is 5.32 Å². The fraction of sp³-hybridized carbons (Fsp3) is 0.190. The lowest BCUT2D eigenvalue weighted by Crippen LogP contribution is -2.23. The summed E-state index contributed by atoms with van der Waals surface area (Å²) in [4.78, 5) is 11.2. The topological polar surface area (TPSA) is 47.6 Å². The van der Waals surface area contributed by atoms with E-state index in [2.05, 4.69) is 10.1 Å². The Labute approximate surface area is 151 Å². The summed E-state index contributed by atoms with van der Waals surface area (Å²) in [5.74, 6) is 0.205. The maximum absolute atomic E-state index is 12.9. The van der Waals surface area contributed by atoms with E-state index in [1.165, 1.54) is 19.2 Å². The van der Waals surface area contributed by atoms with Crippen LogP contribution in [0.2, 0.25) is 0 Å². The lowest BCUT2D eigenvalue weighted by atomic mass is 10.0. The van der Waals surface area contributed by atoms with Crippen LogP contribution in [0.4, 0.5) is 4.39 Å². The molecular weight excluding hydrogens is 333 g/mol. The van der Waals surface area contributed by atoms with Crippen LogP contribution in [-0.4, -0.2) is 19.6 Å². The summed E-state index contributed by atoms with van der Waals surface area (Å²) in [6, 6.07) is 18.2. The van der Waals surface area contributed by atoms with Crippen LogP contribution in [0.25, 0.3) is 10.8 Å². The lowest BCUT2D eigenvalue weighted by molar-refractivity contribution is -0.139. The number of methoxy groups -OCH3 is 1. The molecule has 0 amide bonds. The van der Waals surface area contributed by atoms with Crippen molar-refractivity contribution >= 4 is 16.7 Å². The molecule has 0 aliphatic heterocycles. The van der Waals surface area contributed by atoms with Crippen LogP contribution in [0.3, 0.4) is 0 Å². The summed E-state index contributed by atoms with van der Waals surface area (Å²) in [5.41, 5.74) is 2.00. The number of nitrogens with one attached hydrogen (secondary N) is 1. The second-order valence-corrected chi connectivity index (χ2v) is 5.89. The number of hydrogen-bond donors (Lipinski definition) is 1. The fourth-order valence-corrected chi connectivity index (χ4v) is 2.69. The van der Waals surface area contributed by atoms with Gasteiger partial charge in [0.05, 0.1) is 13.7 Å². The zero-order valence-electron chi connectivity index (χ0n) is 14.5. The molecule has 0 fully saturated rings. The summed E-state index contributed by atoms with van der Waals surface area (Å²) in [5, 5.41) is 5.22. The van der Waals surface area contributed by atoms with Crippen LogP contribution in [0, 0.1) is 5.82 Å². The first kappa shape index (κ1) is 17.9. The predicted molar refractivity (Wildman–Crippen MR) is 98.4 cm³/mol. The minimum absolute atomic E-state index is 0.172. The first-order valence-electron chi connectivity index (χ1n) is 8.32. The van der Waals surface area contributed by atoms with Crippen LogP contribution < -0.4 is 10.1 Å². The van der Waals surface area contributed by atoms with Gasteiger partial charge in [0.25, 0.3) is 0 Å². The van der Waals surface area contributed by atoms with Gasteiger partial charge in [-0.25, -0.2) is 4.39 Å². The number of rotatable bonds is 7. The van der Waals surface area contributed by atoms with E-state index < -0.39 is 0 Å². The Kier molecular flexibility index (Phi) is 5.81. The van der Waals surface area contributed by atoms with Gasteiger partial charge in [-0.05, 0) is 46.2 Å². The Morgan fingerprint density at radius 1 is 1.08 bits per heavy atom. The molecule has 0 saturated carbocycles. The Bertz CT molecular complexity index is 893. The van der Waals surface area contributed by atoms with Gasteiger partial charge in [-0.15, -0.1) is 0 Å². The minimum Gasteiger partial charge on any atom is -0.489 e. The number of fused-ring (bicyclic) bond motifs is 1. The van der Waals surface area contributed by atoms with E-state index in [0.717, 1.165) is 27.6 Å². The molecule has 4 nitrogen and oxygen atoms in total. The van der Waals surface area contributed by atoms with E-state index in [0.29, 0.717) is 13.2 Å². The Balaban J connectivity index is 1.68. The van der Waals surface area contributed by atoms with Crippen molar-refractivity contribution < 1.29 is 18.7 Å². The van der Waals surface area contributed by atoms with Crippen molar-refractivity contribution in [3.05, 3.63) is 77.6 Å². The quantitative estimate of drug-likeness (QED) is 0.656. The van der Waals surface area contributed by atoms with Gasteiger partial charge in [0.1, 0.15) is 18.2 Å². The van der Waals surface area contributed by atoms with E-state index in [4.69, 9.17) is 4.74 Å². The number of hydrogen-bond acceptors (Lipinski definition) is 4. The smallest absolute Gasteiger partial charge is 0.319 e. The summed E-state index contributed by atoms with van der Waals surface area (Å²) in [6.45, 7) is 1.13. The third-order valence-electron chi connectivity index (χ3n) is 4.07. The van der Waals surface area contributed by atoms with Crippen molar-refractivity contribution in [3.63, 3.8) is 0 Å². The van der Waals surface area contributed by atoms with Gasteiger partial charge < -0.3 is 14.8 Å². The van der Waals surface area contributed by atoms with E-state index in [-0.39, 0.29) is 18.3 Å². The molecule has 0 spiro atoms. The molecule has 0 heterocycles. The third-order valence-corrected chi connectivity index (χ3v) is 4.07. The van der Waals surface area contributed by atoms with Crippen molar-refractivity contribution in [3.8, 4) is 5.75 Å². The highest BCUT2D eigenvalue weighted by molar-refractivity contribution is 5.87. The van der Waals surface area contributed by atoms with Crippen molar-refractivity contribution in [2.75, 3.05) is 13.7 Å². The molecule has 134 valence electrons. The molecule has 3 aromatic rings. The highest BCUT2D eigenvalue weighted by Crippen LogP contribution is 2.24. The Hall–Kier alpha value is -2.92. The van der Waals surface area contributed by atoms with E-state index in [1.807, 2.05) is 36.4 Å². The molecule has 3 aromatic carbocycles. The molecule has 1 N–H and O–H groups in total. The standard InChI is InChI=1S/C21H20FNO3/c1-25-21(24)13-23-12-17-4-2-3-16-11-19(9-10-20(16)17)26-14-15-5-7-18(22)8-6-15/h2-11,23H,12-14H2,1H3. The molecule has 26 heavy (non-hydrogen) atoms. The van der Waals surface area contributed by atoms with Crippen LogP contribution in [-0.2, 0) is 22.7 Å². The van der Waals surface area contributed by atoms with Crippen LogP contribution in [0.1, 0.15) is 11.1 Å². The normalized spacial score (nSPS) is 10.7. The summed E-state index contributed by atoms with van der Waals surface area (Å²) >= 11 is 0. The second kappa shape index (κ2) is 8.45. The molecule has 5 heteroatoms. The van der Waals surface area contributed by atoms with Gasteiger partial charge in [0.15, 0.2) is 0 Å². The van der Waals surface area contributed by atoms with Crippen molar-refractivity contribution in [2.45, 2.75) is 13.2 Å². The molecule has 0 aliphatic rings. The molecule has 0 aromatic heterocycles. The monoisotopic (exact) mass is 353 g/mol. The minimum atomic E-state index is -0.290. The zero-order valence-corrected chi connectivity index (χ0v) is 14.5. The molecule has 0 aliphatic carbocycles. The van der Waals surface area contributed by atoms with Crippen LogP contribution >= 0.6 is 0 Å². The van der Waals surface area contributed by atoms with E-state index in [1.54, 1.807) is 12.1 Å². The SMILES string of the molecule is COC(=O)CNCc1cccc2cc(OCc3ccc(F)cc3)ccc12. The average Bonchev–Trinajstić information content (AvgIpc) is 2.67. The number of benzene rings is 3. The van der Waals surface area contributed by atoms with Gasteiger partial charge >= 0.3 is 5.97 Å². The number of esters is 1. The molecular formula is C21H20FNO3. The molecule has 0 unspecified atom stereocenters. The Morgan fingerprint density at radius 3 is 2.65 bits per heavy atom. The summed E-state index contributed by atoms with van der Waals surface area (Å²) < 4.78 is 23.4. The van der Waals surface area contributed by atoms with Crippen molar-refractivity contribution in [2.24, 2.45) is 0 Å². The maximum Gasteiger partial charge on any atom is 0.319 e. The van der Waals surface area contributed by atoms with Gasteiger partial charge in [0.2, 0.25) is 0 Å². The number of carbonyl (C=O) groups is 1. The first-order chi connectivity index (χ1) is 12.7. The molecule has 3 rings (SSSR count). The number of carbonyl (C=O) groups excluding carboxylic acids is 1. The largest absolute Gasteiger partial charge is 0.489 e. The second-order valence-electron chi connectivity index (χ2n) is 5.89. The number of ether oxygens (including phenoxy) is 2. The first-order valence-corrected chi connectivity index (χ1v) is 8.32. The average molecular weight is 353 g/mol. The van der Waals surface area contributed by atoms with Gasteiger partial charge in [0, 0.05) is 6.54 Å². The van der Waals surface area contributed by atoms with Gasteiger partial charge in [-0.2, -0.15) is 0 Å². The van der Waals surface area contributed by atoms with E-state index in [9.17, 15) is 9.18 Å². The molecule has 0 saturated heterocycles. The fourth-order valence-electron chi connectivity index (χ4n) is 2.69. The van der Waals surface area contributed by atoms with Gasteiger partial charge in [-0.1, -0.05) is 36.4 Å².